The topological polar surface area (TPSA) is 74.6 Å². The van der Waals surface area contributed by atoms with E-state index >= 15 is 0 Å². The summed E-state index contributed by atoms with van der Waals surface area (Å²) in [5.41, 5.74) is 1.07. The lowest BCUT2D eigenvalue weighted by Gasteiger charge is -2.16. The summed E-state index contributed by atoms with van der Waals surface area (Å²) in [5.74, 6) is 1.40. The molecule has 0 aliphatic heterocycles. The van der Waals surface area contributed by atoms with Crippen LogP contribution >= 0.6 is 0 Å². The minimum absolute atomic E-state index is 0.0395. The van der Waals surface area contributed by atoms with Gasteiger partial charge in [-0.05, 0) is 51.1 Å². The Morgan fingerprint density at radius 1 is 1.21 bits per heavy atom. The fourth-order valence-corrected chi connectivity index (χ4v) is 2.26. The van der Waals surface area contributed by atoms with Crippen molar-refractivity contribution in [2.45, 2.75) is 33.4 Å². The second kappa shape index (κ2) is 7.68. The molecule has 2 rings (SSSR count). The van der Waals surface area contributed by atoms with Crippen LogP contribution in [0.3, 0.4) is 0 Å². The number of furan rings is 1. The molecule has 0 fully saturated rings. The molecule has 0 spiro atoms. The van der Waals surface area contributed by atoms with Gasteiger partial charge >= 0.3 is 6.03 Å². The first kappa shape index (κ1) is 17.6. The van der Waals surface area contributed by atoms with E-state index in [1.54, 1.807) is 36.2 Å². The van der Waals surface area contributed by atoms with Crippen molar-refractivity contribution in [1.82, 2.24) is 10.2 Å². The summed E-state index contributed by atoms with van der Waals surface area (Å²) in [6.45, 7) is 6.01. The fourth-order valence-electron chi connectivity index (χ4n) is 2.26. The highest BCUT2D eigenvalue weighted by Crippen LogP contribution is 2.15. The maximum Gasteiger partial charge on any atom is 0.319 e. The van der Waals surface area contributed by atoms with E-state index in [4.69, 9.17) is 4.42 Å². The van der Waals surface area contributed by atoms with Crippen molar-refractivity contribution in [2.24, 2.45) is 0 Å². The van der Waals surface area contributed by atoms with E-state index in [1.165, 1.54) is 0 Å². The second-order valence-electron chi connectivity index (χ2n) is 6.01. The number of carbonyl (C=O) groups excluding carboxylic acids is 2. The van der Waals surface area contributed by atoms with Crippen molar-refractivity contribution < 1.29 is 14.0 Å². The molecule has 6 heteroatoms. The van der Waals surface area contributed by atoms with Crippen molar-refractivity contribution in [3.63, 3.8) is 0 Å². The highest BCUT2D eigenvalue weighted by molar-refractivity contribution is 5.96. The smallest absolute Gasteiger partial charge is 0.319 e. The van der Waals surface area contributed by atoms with Crippen LogP contribution in [0.5, 0.6) is 0 Å². The number of hydrogen-bond acceptors (Lipinski definition) is 3. The van der Waals surface area contributed by atoms with Crippen LogP contribution in [0.1, 0.15) is 35.7 Å². The summed E-state index contributed by atoms with van der Waals surface area (Å²) < 4.78 is 5.49. The van der Waals surface area contributed by atoms with Crippen LogP contribution in [0, 0.1) is 6.92 Å². The number of rotatable bonds is 5. The van der Waals surface area contributed by atoms with Crippen molar-refractivity contribution in [2.75, 3.05) is 12.4 Å². The zero-order valence-electron chi connectivity index (χ0n) is 14.4. The molecule has 0 unspecified atom stereocenters. The Morgan fingerprint density at radius 3 is 2.58 bits per heavy atom. The summed E-state index contributed by atoms with van der Waals surface area (Å²) in [4.78, 5) is 25.9. The fraction of sp³-hybridized carbons (Fsp3) is 0.333. The van der Waals surface area contributed by atoms with Gasteiger partial charge in [0.15, 0.2) is 0 Å². The highest BCUT2D eigenvalue weighted by atomic mass is 16.3. The average Bonchev–Trinajstić information content (AvgIpc) is 2.90. The summed E-state index contributed by atoms with van der Waals surface area (Å²) in [5, 5.41) is 5.46. The molecule has 128 valence electrons. The first-order valence-corrected chi connectivity index (χ1v) is 7.83. The van der Waals surface area contributed by atoms with E-state index in [9.17, 15) is 9.59 Å². The van der Waals surface area contributed by atoms with Crippen molar-refractivity contribution >= 4 is 17.6 Å². The molecule has 1 heterocycles. The Kier molecular flexibility index (Phi) is 5.63. The molecule has 0 atom stereocenters. The van der Waals surface area contributed by atoms with E-state index in [1.807, 2.05) is 32.9 Å². The normalized spacial score (nSPS) is 10.5. The van der Waals surface area contributed by atoms with Crippen LogP contribution in [0.25, 0.3) is 0 Å². The number of hydrogen-bond donors (Lipinski definition) is 2. The van der Waals surface area contributed by atoms with E-state index in [0.717, 1.165) is 11.5 Å². The quantitative estimate of drug-likeness (QED) is 0.883. The lowest BCUT2D eigenvalue weighted by Crippen LogP contribution is -2.34. The van der Waals surface area contributed by atoms with E-state index in [0.29, 0.717) is 17.8 Å². The molecule has 3 amide bonds. The molecule has 24 heavy (non-hydrogen) atoms. The number of urea groups is 1. The molecule has 0 saturated heterocycles. The van der Waals surface area contributed by atoms with Gasteiger partial charge in [0.25, 0.3) is 5.91 Å². The largest absolute Gasteiger partial charge is 0.464 e. The predicted molar refractivity (Wildman–Crippen MR) is 93.0 cm³/mol. The molecular formula is C18H23N3O3. The van der Waals surface area contributed by atoms with Gasteiger partial charge in [0, 0.05) is 24.3 Å². The van der Waals surface area contributed by atoms with Gasteiger partial charge in [0.2, 0.25) is 0 Å². The minimum atomic E-state index is -0.297. The number of carbonyl (C=O) groups is 2. The number of nitrogens with one attached hydrogen (secondary N) is 2. The van der Waals surface area contributed by atoms with Gasteiger partial charge in [-0.2, -0.15) is 0 Å². The summed E-state index contributed by atoms with van der Waals surface area (Å²) in [7, 11) is 1.71. The number of benzene rings is 1. The van der Waals surface area contributed by atoms with Crippen molar-refractivity contribution in [3.8, 4) is 0 Å². The second-order valence-corrected chi connectivity index (χ2v) is 6.01. The number of anilines is 1. The van der Waals surface area contributed by atoms with Gasteiger partial charge in [0.1, 0.15) is 11.5 Å². The Labute approximate surface area is 141 Å². The monoisotopic (exact) mass is 329 g/mol. The van der Waals surface area contributed by atoms with Crippen LogP contribution in [-0.2, 0) is 6.54 Å². The molecule has 0 saturated carbocycles. The third-order valence-electron chi connectivity index (χ3n) is 3.32. The lowest BCUT2D eigenvalue weighted by atomic mass is 10.1. The molecule has 0 aliphatic carbocycles. The zero-order valence-corrected chi connectivity index (χ0v) is 14.4. The van der Waals surface area contributed by atoms with Crippen LogP contribution in [0.2, 0.25) is 0 Å². The highest BCUT2D eigenvalue weighted by Gasteiger charge is 2.14. The lowest BCUT2D eigenvalue weighted by molar-refractivity contribution is 0.0775. The van der Waals surface area contributed by atoms with Crippen LogP contribution in [0.15, 0.2) is 40.8 Å². The summed E-state index contributed by atoms with van der Waals surface area (Å²) >= 11 is 0. The molecule has 0 radical (unpaired) electrons. The van der Waals surface area contributed by atoms with Gasteiger partial charge in [-0.3, -0.25) is 4.79 Å². The first-order valence-electron chi connectivity index (χ1n) is 7.83. The summed E-state index contributed by atoms with van der Waals surface area (Å²) in [6, 6.07) is 10.3. The summed E-state index contributed by atoms with van der Waals surface area (Å²) in [6.07, 6.45) is 0. The number of nitrogens with zero attached hydrogens (tertiary/aromatic N) is 1. The minimum Gasteiger partial charge on any atom is -0.464 e. The average molecular weight is 329 g/mol. The predicted octanol–water partition coefficient (Wildman–Crippen LogP) is 3.39. The van der Waals surface area contributed by atoms with E-state index in [2.05, 4.69) is 10.6 Å². The van der Waals surface area contributed by atoms with Crippen molar-refractivity contribution in [3.05, 3.63) is 53.5 Å². The SMILES string of the molecule is Cc1ccc(CN(C)C(=O)c2cccc(NC(=O)NC(C)C)c2)o1. The molecule has 0 bridgehead atoms. The maximum atomic E-state index is 12.5. The van der Waals surface area contributed by atoms with Crippen LogP contribution < -0.4 is 10.6 Å². The maximum absolute atomic E-state index is 12.5. The standard InChI is InChI=1S/C18H23N3O3/c1-12(2)19-18(23)20-15-7-5-6-14(10-15)17(22)21(4)11-16-9-8-13(3)24-16/h5-10,12H,11H2,1-4H3,(H2,19,20,23). The van der Waals surface area contributed by atoms with E-state index < -0.39 is 0 Å². The molecular weight excluding hydrogens is 306 g/mol. The number of aryl methyl sites for hydroxylation is 1. The molecule has 1 aromatic carbocycles. The first-order chi connectivity index (χ1) is 11.3. The van der Waals surface area contributed by atoms with Gasteiger partial charge < -0.3 is 20.0 Å². The van der Waals surface area contributed by atoms with Gasteiger partial charge in [-0.25, -0.2) is 4.79 Å². The molecule has 1 aromatic heterocycles. The molecule has 6 nitrogen and oxygen atoms in total. The van der Waals surface area contributed by atoms with E-state index in [-0.39, 0.29) is 18.0 Å². The third kappa shape index (κ3) is 4.87. The Balaban J connectivity index is 2.03. The van der Waals surface area contributed by atoms with Crippen molar-refractivity contribution in [1.29, 1.82) is 0 Å². The Bertz CT molecular complexity index is 722. The van der Waals surface area contributed by atoms with Gasteiger partial charge in [-0.1, -0.05) is 6.07 Å². The Morgan fingerprint density at radius 2 is 1.96 bits per heavy atom. The molecule has 2 N–H and O–H groups in total. The zero-order chi connectivity index (χ0) is 17.7. The molecule has 0 aliphatic rings. The van der Waals surface area contributed by atoms with Crippen LogP contribution in [0.4, 0.5) is 10.5 Å². The molecule has 2 aromatic rings. The third-order valence-corrected chi connectivity index (χ3v) is 3.32. The van der Waals surface area contributed by atoms with Gasteiger partial charge in [-0.15, -0.1) is 0 Å². The Hall–Kier alpha value is -2.76. The van der Waals surface area contributed by atoms with Crippen LogP contribution in [-0.4, -0.2) is 29.9 Å². The number of amides is 3. The van der Waals surface area contributed by atoms with Gasteiger partial charge in [0.05, 0.1) is 6.54 Å².